The summed E-state index contributed by atoms with van der Waals surface area (Å²) in [6.07, 6.45) is 4.60. The summed E-state index contributed by atoms with van der Waals surface area (Å²) in [5, 5.41) is 1.19. The summed E-state index contributed by atoms with van der Waals surface area (Å²) in [7, 11) is 0. The first kappa shape index (κ1) is 13.4. The van der Waals surface area contributed by atoms with Gasteiger partial charge in [-0.3, -0.25) is 0 Å². The number of hydrogen-bond donors (Lipinski definition) is 1. The SMILES string of the molecule is CCc1cc2c(CC(N)CC(C)C)ncnc2s1. The Morgan fingerprint density at radius 3 is 2.78 bits per heavy atom. The Labute approximate surface area is 112 Å². The summed E-state index contributed by atoms with van der Waals surface area (Å²) >= 11 is 1.76. The number of aryl methyl sites for hydroxylation is 1. The molecule has 2 aromatic heterocycles. The van der Waals surface area contributed by atoms with Gasteiger partial charge in [-0.05, 0) is 24.8 Å². The van der Waals surface area contributed by atoms with Gasteiger partial charge in [0.15, 0.2) is 0 Å². The Morgan fingerprint density at radius 2 is 2.11 bits per heavy atom. The van der Waals surface area contributed by atoms with Crippen molar-refractivity contribution in [3.8, 4) is 0 Å². The number of nitrogens with two attached hydrogens (primary N) is 1. The van der Waals surface area contributed by atoms with Gasteiger partial charge in [-0.15, -0.1) is 11.3 Å². The summed E-state index contributed by atoms with van der Waals surface area (Å²) in [4.78, 5) is 11.2. The smallest absolute Gasteiger partial charge is 0.127 e. The van der Waals surface area contributed by atoms with Gasteiger partial charge in [-0.25, -0.2) is 9.97 Å². The highest BCUT2D eigenvalue weighted by Crippen LogP contribution is 2.26. The van der Waals surface area contributed by atoms with Gasteiger partial charge < -0.3 is 5.73 Å². The summed E-state index contributed by atoms with van der Waals surface area (Å²) in [6, 6.07) is 2.41. The van der Waals surface area contributed by atoms with Gasteiger partial charge in [0, 0.05) is 22.7 Å². The highest BCUT2D eigenvalue weighted by Gasteiger charge is 2.12. The van der Waals surface area contributed by atoms with Gasteiger partial charge in [0.2, 0.25) is 0 Å². The van der Waals surface area contributed by atoms with Crippen LogP contribution in [-0.4, -0.2) is 16.0 Å². The van der Waals surface area contributed by atoms with Crippen LogP contribution in [0.3, 0.4) is 0 Å². The largest absolute Gasteiger partial charge is 0.327 e. The van der Waals surface area contributed by atoms with Crippen LogP contribution in [0, 0.1) is 5.92 Å². The molecule has 3 nitrogen and oxygen atoms in total. The number of nitrogens with zero attached hydrogens (tertiary/aromatic N) is 2. The third-order valence-electron chi connectivity index (χ3n) is 3.04. The zero-order valence-corrected chi connectivity index (χ0v) is 12.1. The lowest BCUT2D eigenvalue weighted by Crippen LogP contribution is -2.25. The van der Waals surface area contributed by atoms with E-state index in [9.17, 15) is 0 Å². The molecule has 98 valence electrons. The van der Waals surface area contributed by atoms with Crippen LogP contribution in [0.4, 0.5) is 0 Å². The predicted molar refractivity (Wildman–Crippen MR) is 77.9 cm³/mol. The zero-order valence-electron chi connectivity index (χ0n) is 11.3. The molecule has 1 atom stereocenters. The molecular formula is C14H21N3S. The first-order chi connectivity index (χ1) is 8.60. The molecule has 0 bridgehead atoms. The van der Waals surface area contributed by atoms with Crippen LogP contribution in [0.5, 0.6) is 0 Å². The van der Waals surface area contributed by atoms with Crippen molar-refractivity contribution in [2.24, 2.45) is 11.7 Å². The van der Waals surface area contributed by atoms with Crippen molar-refractivity contribution >= 4 is 21.6 Å². The van der Waals surface area contributed by atoms with E-state index in [4.69, 9.17) is 5.73 Å². The van der Waals surface area contributed by atoms with Crippen LogP contribution >= 0.6 is 11.3 Å². The molecule has 2 heterocycles. The van der Waals surface area contributed by atoms with Crippen molar-refractivity contribution < 1.29 is 0 Å². The van der Waals surface area contributed by atoms with E-state index in [1.54, 1.807) is 17.7 Å². The van der Waals surface area contributed by atoms with E-state index in [0.29, 0.717) is 5.92 Å². The highest BCUT2D eigenvalue weighted by molar-refractivity contribution is 7.18. The summed E-state index contributed by atoms with van der Waals surface area (Å²) in [6.45, 7) is 6.58. The average molecular weight is 263 g/mol. The maximum absolute atomic E-state index is 6.18. The lowest BCUT2D eigenvalue weighted by atomic mass is 9.99. The fourth-order valence-electron chi connectivity index (χ4n) is 2.23. The minimum absolute atomic E-state index is 0.188. The molecule has 2 aromatic rings. The van der Waals surface area contributed by atoms with Crippen molar-refractivity contribution in [3.63, 3.8) is 0 Å². The van der Waals surface area contributed by atoms with Crippen molar-refractivity contribution in [1.82, 2.24) is 9.97 Å². The molecule has 0 saturated heterocycles. The van der Waals surface area contributed by atoms with E-state index < -0.39 is 0 Å². The molecule has 18 heavy (non-hydrogen) atoms. The molecule has 0 aliphatic rings. The fraction of sp³-hybridized carbons (Fsp3) is 0.571. The highest BCUT2D eigenvalue weighted by atomic mass is 32.1. The van der Waals surface area contributed by atoms with Crippen molar-refractivity contribution in [3.05, 3.63) is 23.0 Å². The molecule has 0 fully saturated rings. The normalized spacial score (nSPS) is 13.4. The molecule has 2 rings (SSSR count). The molecule has 0 aliphatic heterocycles. The van der Waals surface area contributed by atoms with Crippen molar-refractivity contribution in [2.45, 2.75) is 46.1 Å². The number of fused-ring (bicyclic) bond motifs is 1. The van der Waals surface area contributed by atoms with E-state index in [1.807, 2.05) is 0 Å². The number of thiophene rings is 1. The quantitative estimate of drug-likeness (QED) is 0.901. The monoisotopic (exact) mass is 263 g/mol. The minimum atomic E-state index is 0.188. The fourth-order valence-corrected chi connectivity index (χ4v) is 3.18. The zero-order chi connectivity index (χ0) is 13.1. The first-order valence-corrected chi connectivity index (χ1v) is 7.39. The minimum Gasteiger partial charge on any atom is -0.327 e. The van der Waals surface area contributed by atoms with E-state index in [-0.39, 0.29) is 6.04 Å². The number of aromatic nitrogens is 2. The van der Waals surface area contributed by atoms with Gasteiger partial charge in [0.25, 0.3) is 0 Å². The van der Waals surface area contributed by atoms with E-state index in [1.165, 1.54) is 10.3 Å². The van der Waals surface area contributed by atoms with Gasteiger partial charge in [-0.2, -0.15) is 0 Å². The van der Waals surface area contributed by atoms with Gasteiger partial charge in [0.1, 0.15) is 11.2 Å². The van der Waals surface area contributed by atoms with E-state index in [0.717, 1.165) is 29.8 Å². The van der Waals surface area contributed by atoms with Crippen LogP contribution < -0.4 is 5.73 Å². The maximum Gasteiger partial charge on any atom is 0.127 e. The molecule has 0 aliphatic carbocycles. The van der Waals surface area contributed by atoms with Gasteiger partial charge in [0.05, 0.1) is 5.69 Å². The molecule has 0 amide bonds. The second-order valence-electron chi connectivity index (χ2n) is 5.20. The first-order valence-electron chi connectivity index (χ1n) is 6.58. The second kappa shape index (κ2) is 5.76. The Hall–Kier alpha value is -1.00. The third-order valence-corrected chi connectivity index (χ3v) is 4.23. The topological polar surface area (TPSA) is 51.8 Å². The standard InChI is InChI=1S/C14H21N3S/c1-4-11-7-12-13(6-10(15)5-9(2)3)16-8-17-14(12)18-11/h7-10H,4-6,15H2,1-3H3. The van der Waals surface area contributed by atoms with Crippen LogP contribution in [0.25, 0.3) is 10.2 Å². The van der Waals surface area contributed by atoms with Crippen LogP contribution in [-0.2, 0) is 12.8 Å². The second-order valence-corrected chi connectivity index (χ2v) is 6.31. The van der Waals surface area contributed by atoms with E-state index >= 15 is 0 Å². The number of rotatable bonds is 5. The van der Waals surface area contributed by atoms with E-state index in [2.05, 4.69) is 36.8 Å². The predicted octanol–water partition coefficient (Wildman–Crippen LogP) is 3.17. The Bertz CT molecular complexity index is 519. The van der Waals surface area contributed by atoms with Crippen molar-refractivity contribution in [2.75, 3.05) is 0 Å². The Kier molecular flexibility index (Phi) is 4.30. The number of hydrogen-bond acceptors (Lipinski definition) is 4. The summed E-state index contributed by atoms with van der Waals surface area (Å²) in [5.74, 6) is 0.631. The Balaban J connectivity index is 2.24. The van der Waals surface area contributed by atoms with Crippen LogP contribution in [0.2, 0.25) is 0 Å². The molecule has 0 radical (unpaired) electrons. The van der Waals surface area contributed by atoms with Gasteiger partial charge >= 0.3 is 0 Å². The van der Waals surface area contributed by atoms with Crippen LogP contribution in [0.15, 0.2) is 12.4 Å². The Morgan fingerprint density at radius 1 is 1.33 bits per heavy atom. The lowest BCUT2D eigenvalue weighted by Gasteiger charge is -2.13. The summed E-state index contributed by atoms with van der Waals surface area (Å²) in [5.41, 5.74) is 7.28. The van der Waals surface area contributed by atoms with Crippen molar-refractivity contribution in [1.29, 1.82) is 0 Å². The average Bonchev–Trinajstić information content (AvgIpc) is 2.72. The molecule has 2 N–H and O–H groups in total. The molecular weight excluding hydrogens is 242 g/mol. The van der Waals surface area contributed by atoms with Gasteiger partial charge in [-0.1, -0.05) is 20.8 Å². The van der Waals surface area contributed by atoms with Crippen LogP contribution in [0.1, 0.15) is 37.8 Å². The molecule has 0 spiro atoms. The molecule has 0 saturated carbocycles. The lowest BCUT2D eigenvalue weighted by molar-refractivity contribution is 0.491. The third kappa shape index (κ3) is 3.06. The maximum atomic E-state index is 6.18. The summed E-state index contributed by atoms with van der Waals surface area (Å²) < 4.78 is 0. The molecule has 4 heteroatoms. The molecule has 1 unspecified atom stereocenters. The molecule has 0 aromatic carbocycles.